The van der Waals surface area contributed by atoms with Gasteiger partial charge in [0, 0.05) is 17.3 Å². The first-order valence-corrected chi connectivity index (χ1v) is 9.35. The number of hydrogen-bond donors (Lipinski definition) is 3. The van der Waals surface area contributed by atoms with Crippen molar-refractivity contribution in [1.29, 1.82) is 0 Å². The van der Waals surface area contributed by atoms with Crippen molar-refractivity contribution < 1.29 is 9.84 Å². The fourth-order valence-electron chi connectivity index (χ4n) is 2.33. The minimum Gasteiger partial charge on any atom is -0.493 e. The second-order valence-electron chi connectivity index (χ2n) is 5.16. The van der Waals surface area contributed by atoms with Gasteiger partial charge in [-0.1, -0.05) is 6.07 Å². The van der Waals surface area contributed by atoms with Gasteiger partial charge in [-0.3, -0.25) is 0 Å². The van der Waals surface area contributed by atoms with Crippen LogP contribution in [0.3, 0.4) is 0 Å². The van der Waals surface area contributed by atoms with Crippen LogP contribution < -0.4 is 15.8 Å². The first-order chi connectivity index (χ1) is 11.6. The van der Waals surface area contributed by atoms with Gasteiger partial charge in [0.05, 0.1) is 29.8 Å². The van der Waals surface area contributed by atoms with Crippen molar-refractivity contribution in [3.05, 3.63) is 32.6 Å². The predicted octanol–water partition coefficient (Wildman–Crippen LogP) is 3.73. The van der Waals surface area contributed by atoms with Crippen LogP contribution >= 0.6 is 59.1 Å². The van der Waals surface area contributed by atoms with Gasteiger partial charge in [0.15, 0.2) is 5.75 Å². The number of aliphatic hydroxyl groups is 1. The standard InChI is InChI=1S/C15H17ClN4O2S2.2ClH/c1-22-12-10(5-8(17)7-21)24-13-11(12)19-15(16)20-14(13)18-6-9-3-2-4-23-9;;/h2-4,8,21H,5-7,17H2,1H3,(H,18,19,20);2*1H/t8-;;/m1../s1. The number of nitrogens with zero attached hydrogens (tertiary/aromatic N) is 2. The minimum absolute atomic E-state index is 0. The molecule has 0 spiro atoms. The Labute approximate surface area is 176 Å². The molecule has 26 heavy (non-hydrogen) atoms. The number of nitrogens with one attached hydrogen (secondary N) is 1. The van der Waals surface area contributed by atoms with E-state index < -0.39 is 0 Å². The summed E-state index contributed by atoms with van der Waals surface area (Å²) in [5.74, 6) is 1.31. The Morgan fingerprint density at radius 2 is 2.15 bits per heavy atom. The van der Waals surface area contributed by atoms with Crippen molar-refractivity contribution in [3.63, 3.8) is 0 Å². The maximum Gasteiger partial charge on any atom is 0.225 e. The number of aliphatic hydroxyl groups excluding tert-OH is 1. The Bertz CT molecular complexity index is 830. The number of halogens is 3. The van der Waals surface area contributed by atoms with E-state index >= 15 is 0 Å². The summed E-state index contributed by atoms with van der Waals surface area (Å²) in [5.41, 5.74) is 6.53. The normalized spacial score (nSPS) is 11.5. The van der Waals surface area contributed by atoms with Crippen LogP contribution in [-0.2, 0) is 13.0 Å². The molecule has 0 saturated heterocycles. The van der Waals surface area contributed by atoms with Gasteiger partial charge in [0.2, 0.25) is 5.28 Å². The molecule has 144 valence electrons. The number of anilines is 1. The van der Waals surface area contributed by atoms with Gasteiger partial charge in [-0.25, -0.2) is 4.98 Å². The molecule has 6 nitrogen and oxygen atoms in total. The molecule has 0 amide bonds. The molecule has 3 heterocycles. The Hall–Kier alpha value is -0.870. The van der Waals surface area contributed by atoms with E-state index in [4.69, 9.17) is 22.1 Å². The zero-order valence-electron chi connectivity index (χ0n) is 13.8. The largest absolute Gasteiger partial charge is 0.493 e. The number of fused-ring (bicyclic) bond motifs is 1. The first kappa shape index (κ1) is 23.2. The lowest BCUT2D eigenvalue weighted by atomic mass is 10.2. The first-order valence-electron chi connectivity index (χ1n) is 7.28. The van der Waals surface area contributed by atoms with E-state index in [0.29, 0.717) is 30.0 Å². The molecule has 1 atom stereocenters. The van der Waals surface area contributed by atoms with Gasteiger partial charge in [-0.05, 0) is 23.0 Å². The number of thiophene rings is 2. The van der Waals surface area contributed by atoms with E-state index in [1.165, 1.54) is 16.2 Å². The molecule has 4 N–H and O–H groups in total. The third kappa shape index (κ3) is 5.10. The van der Waals surface area contributed by atoms with Crippen molar-refractivity contribution >= 4 is 75.1 Å². The zero-order valence-corrected chi connectivity index (χ0v) is 17.8. The quantitative estimate of drug-likeness (QED) is 0.468. The Kier molecular flexibility index (Phi) is 9.32. The van der Waals surface area contributed by atoms with Crippen LogP contribution in [0.5, 0.6) is 5.75 Å². The monoisotopic (exact) mass is 456 g/mol. The van der Waals surface area contributed by atoms with Gasteiger partial charge in [0.1, 0.15) is 11.3 Å². The van der Waals surface area contributed by atoms with Gasteiger partial charge in [-0.2, -0.15) is 4.98 Å². The van der Waals surface area contributed by atoms with Crippen molar-refractivity contribution in [1.82, 2.24) is 9.97 Å². The summed E-state index contributed by atoms with van der Waals surface area (Å²) >= 11 is 9.26. The van der Waals surface area contributed by atoms with Crippen molar-refractivity contribution in [2.75, 3.05) is 19.0 Å². The number of nitrogens with two attached hydrogens (primary N) is 1. The van der Waals surface area contributed by atoms with Gasteiger partial charge in [-0.15, -0.1) is 47.5 Å². The average Bonchev–Trinajstić information content (AvgIpc) is 3.19. The van der Waals surface area contributed by atoms with E-state index in [0.717, 1.165) is 9.58 Å². The molecule has 3 aromatic rings. The van der Waals surface area contributed by atoms with Crippen LogP contribution in [0.25, 0.3) is 10.2 Å². The topological polar surface area (TPSA) is 93.3 Å². The summed E-state index contributed by atoms with van der Waals surface area (Å²) < 4.78 is 6.37. The molecule has 0 saturated carbocycles. The van der Waals surface area contributed by atoms with Crippen LogP contribution in [-0.4, -0.2) is 34.8 Å². The third-order valence-electron chi connectivity index (χ3n) is 3.43. The molecule has 0 unspecified atom stereocenters. The molecule has 0 bridgehead atoms. The highest BCUT2D eigenvalue weighted by molar-refractivity contribution is 7.20. The lowest BCUT2D eigenvalue weighted by molar-refractivity contribution is 0.265. The molecule has 0 aliphatic heterocycles. The molecule has 0 aliphatic carbocycles. The highest BCUT2D eigenvalue weighted by Crippen LogP contribution is 2.40. The molecule has 0 aliphatic rings. The van der Waals surface area contributed by atoms with E-state index in [-0.39, 0.29) is 42.7 Å². The summed E-state index contributed by atoms with van der Waals surface area (Å²) in [5, 5.41) is 14.7. The molecular formula is C15H19Cl3N4O2S2. The lowest BCUT2D eigenvalue weighted by Gasteiger charge is -2.07. The number of ether oxygens (including phenoxy) is 1. The van der Waals surface area contributed by atoms with Gasteiger partial charge < -0.3 is 20.9 Å². The van der Waals surface area contributed by atoms with Gasteiger partial charge in [0.25, 0.3) is 0 Å². The van der Waals surface area contributed by atoms with E-state index in [1.54, 1.807) is 18.4 Å². The highest BCUT2D eigenvalue weighted by atomic mass is 35.5. The summed E-state index contributed by atoms with van der Waals surface area (Å²) in [6, 6.07) is 3.71. The second-order valence-corrected chi connectivity index (χ2v) is 7.63. The lowest BCUT2D eigenvalue weighted by Crippen LogP contribution is -2.26. The van der Waals surface area contributed by atoms with E-state index in [9.17, 15) is 5.11 Å². The van der Waals surface area contributed by atoms with Crippen LogP contribution in [0.4, 0.5) is 5.82 Å². The molecule has 11 heteroatoms. The Balaban J connectivity index is 0.00000169. The zero-order chi connectivity index (χ0) is 17.1. The van der Waals surface area contributed by atoms with Crippen LogP contribution in [0.1, 0.15) is 9.75 Å². The van der Waals surface area contributed by atoms with Crippen molar-refractivity contribution in [2.45, 2.75) is 19.0 Å². The summed E-state index contributed by atoms with van der Waals surface area (Å²) in [7, 11) is 1.59. The Morgan fingerprint density at radius 1 is 1.38 bits per heavy atom. The highest BCUT2D eigenvalue weighted by Gasteiger charge is 2.20. The maximum atomic E-state index is 9.20. The van der Waals surface area contributed by atoms with Crippen LogP contribution in [0, 0.1) is 0 Å². The third-order valence-corrected chi connectivity index (χ3v) is 5.66. The fraction of sp³-hybridized carbons (Fsp3) is 0.333. The second kappa shape index (κ2) is 10.5. The average molecular weight is 458 g/mol. The van der Waals surface area contributed by atoms with Crippen molar-refractivity contribution in [3.8, 4) is 5.75 Å². The number of rotatable bonds is 7. The summed E-state index contributed by atoms with van der Waals surface area (Å²) in [6.45, 7) is 0.569. The molecule has 0 aromatic carbocycles. The van der Waals surface area contributed by atoms with Crippen LogP contribution in [0.15, 0.2) is 17.5 Å². The molecule has 3 aromatic heterocycles. The number of hydrogen-bond acceptors (Lipinski definition) is 8. The van der Waals surface area contributed by atoms with E-state index in [1.807, 2.05) is 11.4 Å². The van der Waals surface area contributed by atoms with E-state index in [2.05, 4.69) is 21.4 Å². The predicted molar refractivity (Wildman–Crippen MR) is 114 cm³/mol. The molecular weight excluding hydrogens is 439 g/mol. The summed E-state index contributed by atoms with van der Waals surface area (Å²) in [6.07, 6.45) is 0.503. The maximum absolute atomic E-state index is 9.20. The molecule has 0 fully saturated rings. The Morgan fingerprint density at radius 3 is 2.77 bits per heavy atom. The van der Waals surface area contributed by atoms with Crippen molar-refractivity contribution in [2.24, 2.45) is 5.73 Å². The SMILES string of the molecule is COc1c(C[C@@H](N)CO)sc2c(NCc3cccs3)nc(Cl)nc12.Cl.Cl. The summed E-state index contributed by atoms with van der Waals surface area (Å²) in [4.78, 5) is 10.7. The fourth-order valence-corrected chi connectivity index (χ4v) is 4.41. The number of methoxy groups -OCH3 is 1. The number of aromatic nitrogens is 2. The molecule has 3 rings (SSSR count). The van der Waals surface area contributed by atoms with Gasteiger partial charge >= 0.3 is 0 Å². The smallest absolute Gasteiger partial charge is 0.225 e. The minimum atomic E-state index is -0.349. The van der Waals surface area contributed by atoms with Crippen LogP contribution in [0.2, 0.25) is 5.28 Å². The molecule has 0 radical (unpaired) electrons.